The minimum Gasteiger partial charge on any atom is -0.473 e. The van der Waals surface area contributed by atoms with Gasteiger partial charge in [0.1, 0.15) is 23.8 Å². The summed E-state index contributed by atoms with van der Waals surface area (Å²) in [4.78, 5) is 18.5. The number of nitriles is 1. The van der Waals surface area contributed by atoms with Gasteiger partial charge in [-0.25, -0.2) is 19.3 Å². The fraction of sp³-hybridized carbons (Fsp3) is 0.312. The summed E-state index contributed by atoms with van der Waals surface area (Å²) in [5.41, 5.74) is 3.91. The molecule has 1 atom stereocenters. The number of fused-ring (bicyclic) bond motifs is 1. The Kier molecular flexibility index (Phi) is 8.12. The summed E-state index contributed by atoms with van der Waals surface area (Å²) in [7, 11) is 0. The molecule has 15 heteroatoms. The van der Waals surface area contributed by atoms with E-state index in [-0.39, 0.29) is 24.1 Å². The second-order valence-corrected chi connectivity index (χ2v) is 11.3. The van der Waals surface area contributed by atoms with E-state index in [4.69, 9.17) is 19.7 Å². The molecule has 1 aromatic carbocycles. The third kappa shape index (κ3) is 6.56. The maximum absolute atomic E-state index is 14.3. The number of benzene rings is 1. The van der Waals surface area contributed by atoms with Crippen LogP contribution in [0.2, 0.25) is 0 Å². The van der Waals surface area contributed by atoms with Crippen molar-refractivity contribution < 1.29 is 27.0 Å². The molecule has 0 saturated carbocycles. The van der Waals surface area contributed by atoms with Crippen molar-refractivity contribution in [3.05, 3.63) is 89.0 Å². The third-order valence-electron chi connectivity index (χ3n) is 8.14. The molecule has 0 amide bonds. The lowest BCUT2D eigenvalue weighted by Crippen LogP contribution is -2.33. The molecule has 7 rings (SSSR count). The normalized spacial score (nSPS) is 16.9. The number of H-pyrrole nitrogens is 1. The zero-order chi connectivity index (χ0) is 32.5. The minimum absolute atomic E-state index is 0.0168. The number of rotatable bonds is 9. The maximum atomic E-state index is 14.3. The average Bonchev–Trinajstić information content (AvgIpc) is 3.68. The molecule has 5 aromatic rings. The van der Waals surface area contributed by atoms with Crippen LogP contribution in [0.15, 0.2) is 54.7 Å². The maximum Gasteiger partial charge on any atom is 0.451 e. The molecule has 0 bridgehead atoms. The van der Waals surface area contributed by atoms with Crippen molar-refractivity contribution in [2.24, 2.45) is 0 Å². The Hall–Kier alpha value is -5.20. The van der Waals surface area contributed by atoms with E-state index in [1.54, 1.807) is 18.2 Å². The van der Waals surface area contributed by atoms with Gasteiger partial charge in [-0.05, 0) is 42.7 Å². The molecule has 4 aromatic heterocycles. The Labute approximate surface area is 265 Å². The monoisotopic (exact) mass is 645 g/mol. The standard InChI is InChI=1S/C32H27F4N9O2/c33-24-12-19(14-37)4-5-21(24)18-47-28-3-1-2-25(40-28)20-6-9-44(10-7-20)17-27-39-26-13-22(29-41-31(43-42-29)32(34,35)36)15-38-30(26)45(27)16-23-8-11-46-23/h1-6,12-13,15,23H,7-11,16-18H2,(H,41,42,43)/t23-/m0/s1. The zero-order valence-electron chi connectivity index (χ0n) is 24.8. The number of imidazole rings is 1. The summed E-state index contributed by atoms with van der Waals surface area (Å²) < 4.78 is 66.9. The molecule has 0 radical (unpaired) electrons. The van der Waals surface area contributed by atoms with Gasteiger partial charge < -0.3 is 19.0 Å². The topological polar surface area (TPSA) is 131 Å². The van der Waals surface area contributed by atoms with Gasteiger partial charge in [-0.3, -0.25) is 4.90 Å². The Balaban J connectivity index is 1.06. The first-order valence-electron chi connectivity index (χ1n) is 14.9. The second kappa shape index (κ2) is 12.5. The summed E-state index contributed by atoms with van der Waals surface area (Å²) in [5, 5.41) is 15.8. The fourth-order valence-electron chi connectivity index (χ4n) is 5.50. The van der Waals surface area contributed by atoms with Crippen LogP contribution in [0.4, 0.5) is 17.6 Å². The van der Waals surface area contributed by atoms with E-state index in [1.807, 2.05) is 22.8 Å². The molecule has 240 valence electrons. The number of pyridine rings is 2. The second-order valence-electron chi connectivity index (χ2n) is 11.3. The van der Waals surface area contributed by atoms with Gasteiger partial charge in [-0.2, -0.15) is 18.4 Å². The molecule has 1 N–H and O–H groups in total. The zero-order valence-corrected chi connectivity index (χ0v) is 24.8. The molecule has 2 aliphatic heterocycles. The lowest BCUT2D eigenvalue weighted by atomic mass is 10.0. The number of alkyl halides is 3. The summed E-state index contributed by atoms with van der Waals surface area (Å²) in [5.74, 6) is -0.577. The van der Waals surface area contributed by atoms with Crippen LogP contribution < -0.4 is 4.74 Å². The van der Waals surface area contributed by atoms with Gasteiger partial charge in [-0.15, -0.1) is 10.2 Å². The molecule has 1 fully saturated rings. The van der Waals surface area contributed by atoms with Crippen LogP contribution in [-0.2, 0) is 30.6 Å². The van der Waals surface area contributed by atoms with Crippen LogP contribution in [-0.4, -0.2) is 65.4 Å². The van der Waals surface area contributed by atoms with E-state index in [2.05, 4.69) is 36.1 Å². The van der Waals surface area contributed by atoms with Crippen molar-refractivity contribution in [3.63, 3.8) is 0 Å². The van der Waals surface area contributed by atoms with Crippen LogP contribution in [0, 0.1) is 17.1 Å². The Bertz CT molecular complexity index is 2010. The summed E-state index contributed by atoms with van der Waals surface area (Å²) in [6.45, 7) is 3.14. The smallest absolute Gasteiger partial charge is 0.451 e. The van der Waals surface area contributed by atoms with Crippen molar-refractivity contribution in [1.82, 2.24) is 39.6 Å². The highest BCUT2D eigenvalue weighted by atomic mass is 19.4. The van der Waals surface area contributed by atoms with E-state index < -0.39 is 17.8 Å². The van der Waals surface area contributed by atoms with Crippen molar-refractivity contribution in [1.29, 1.82) is 5.26 Å². The van der Waals surface area contributed by atoms with Gasteiger partial charge in [0.15, 0.2) is 11.5 Å². The van der Waals surface area contributed by atoms with Crippen LogP contribution in [0.5, 0.6) is 5.88 Å². The molecule has 0 unspecified atom stereocenters. The van der Waals surface area contributed by atoms with Crippen molar-refractivity contribution in [2.45, 2.75) is 44.8 Å². The van der Waals surface area contributed by atoms with Gasteiger partial charge in [0.25, 0.3) is 0 Å². The average molecular weight is 646 g/mol. The SMILES string of the molecule is N#Cc1ccc(COc2cccc(C3=CCN(Cc4nc5cc(-c6nnc(C(F)(F)F)[nH]6)cnc5n4C[C@@H]4CCO4)CC3)n2)c(F)c1. The van der Waals surface area contributed by atoms with Crippen molar-refractivity contribution in [3.8, 4) is 23.3 Å². The number of hydrogen-bond donors (Lipinski definition) is 1. The molecule has 6 heterocycles. The minimum atomic E-state index is -4.64. The van der Waals surface area contributed by atoms with E-state index in [1.165, 1.54) is 18.3 Å². The van der Waals surface area contributed by atoms with E-state index in [0.29, 0.717) is 54.4 Å². The number of nitrogens with one attached hydrogen (secondary N) is 1. The number of halogens is 4. The van der Waals surface area contributed by atoms with Crippen LogP contribution in [0.25, 0.3) is 28.1 Å². The number of aromatic amines is 1. The summed E-state index contributed by atoms with van der Waals surface area (Å²) >= 11 is 0. The van der Waals surface area contributed by atoms with Gasteiger partial charge in [0, 0.05) is 43.1 Å². The predicted molar refractivity (Wildman–Crippen MR) is 160 cm³/mol. The first-order valence-corrected chi connectivity index (χ1v) is 14.9. The molecule has 11 nitrogen and oxygen atoms in total. The fourth-order valence-corrected chi connectivity index (χ4v) is 5.50. The molecular formula is C32H27F4N9O2. The van der Waals surface area contributed by atoms with Crippen LogP contribution >= 0.6 is 0 Å². The largest absolute Gasteiger partial charge is 0.473 e. The molecule has 0 aliphatic carbocycles. The van der Waals surface area contributed by atoms with E-state index in [0.717, 1.165) is 36.5 Å². The highest BCUT2D eigenvalue weighted by Crippen LogP contribution is 2.30. The number of aromatic nitrogens is 7. The molecule has 2 aliphatic rings. The summed E-state index contributed by atoms with van der Waals surface area (Å²) in [6, 6.07) is 13.3. The van der Waals surface area contributed by atoms with Gasteiger partial charge in [-0.1, -0.05) is 18.2 Å². The van der Waals surface area contributed by atoms with Crippen LogP contribution in [0.3, 0.4) is 0 Å². The first-order chi connectivity index (χ1) is 22.7. The number of ether oxygens (including phenoxy) is 2. The van der Waals surface area contributed by atoms with Gasteiger partial charge >= 0.3 is 6.18 Å². The van der Waals surface area contributed by atoms with Crippen molar-refractivity contribution in [2.75, 3.05) is 19.7 Å². The Morgan fingerprint density at radius 2 is 2.00 bits per heavy atom. The first kappa shape index (κ1) is 30.5. The lowest BCUT2D eigenvalue weighted by molar-refractivity contribution is -0.144. The highest BCUT2D eigenvalue weighted by Gasteiger charge is 2.35. The molecule has 47 heavy (non-hydrogen) atoms. The van der Waals surface area contributed by atoms with Crippen molar-refractivity contribution >= 4 is 16.7 Å². The quantitative estimate of drug-likeness (QED) is 0.212. The summed E-state index contributed by atoms with van der Waals surface area (Å²) in [6.07, 6.45) is 0.623. The third-order valence-corrected chi connectivity index (χ3v) is 8.14. The molecule has 1 saturated heterocycles. The number of nitrogens with zero attached hydrogens (tertiary/aromatic N) is 8. The van der Waals surface area contributed by atoms with Crippen LogP contribution in [0.1, 0.15) is 41.3 Å². The molecular weight excluding hydrogens is 618 g/mol. The van der Waals surface area contributed by atoms with E-state index in [9.17, 15) is 17.6 Å². The highest BCUT2D eigenvalue weighted by molar-refractivity contribution is 5.77. The van der Waals surface area contributed by atoms with Gasteiger partial charge in [0.2, 0.25) is 11.7 Å². The molecule has 0 spiro atoms. The van der Waals surface area contributed by atoms with Gasteiger partial charge in [0.05, 0.1) is 36.5 Å². The lowest BCUT2D eigenvalue weighted by Gasteiger charge is -2.29. The van der Waals surface area contributed by atoms with E-state index >= 15 is 0 Å². The Morgan fingerprint density at radius 3 is 2.70 bits per heavy atom. The Morgan fingerprint density at radius 1 is 1.13 bits per heavy atom. The number of hydrogen-bond acceptors (Lipinski definition) is 9. The predicted octanol–water partition coefficient (Wildman–Crippen LogP) is 5.30.